The van der Waals surface area contributed by atoms with Crippen LogP contribution in [-0.2, 0) is 17.6 Å². The molecule has 0 saturated carbocycles. The third-order valence-corrected chi connectivity index (χ3v) is 4.88. The van der Waals surface area contributed by atoms with Crippen LogP contribution in [0.5, 0.6) is 0 Å². The van der Waals surface area contributed by atoms with Gasteiger partial charge >= 0.3 is 0 Å². The number of nitrogens with zero attached hydrogens (tertiary/aromatic N) is 2. The van der Waals surface area contributed by atoms with Gasteiger partial charge in [0.2, 0.25) is 0 Å². The summed E-state index contributed by atoms with van der Waals surface area (Å²) in [7, 11) is 0. The molecule has 3 rings (SSSR count). The molecule has 0 saturated heterocycles. The Morgan fingerprint density at radius 1 is 1.55 bits per heavy atom. The highest BCUT2D eigenvalue weighted by molar-refractivity contribution is 7.19. The summed E-state index contributed by atoms with van der Waals surface area (Å²) < 4.78 is 0. The van der Waals surface area contributed by atoms with Gasteiger partial charge in [-0.05, 0) is 30.7 Å². The molecule has 0 aromatic carbocycles. The largest absolute Gasteiger partial charge is 0.550 e. The highest BCUT2D eigenvalue weighted by Gasteiger charge is 2.22. The van der Waals surface area contributed by atoms with Gasteiger partial charge < -0.3 is 15.2 Å². The molecule has 1 aliphatic rings. The number of rotatable bonds is 4. The van der Waals surface area contributed by atoms with E-state index in [0.717, 1.165) is 34.8 Å². The van der Waals surface area contributed by atoms with E-state index in [0.29, 0.717) is 6.54 Å². The fourth-order valence-electron chi connectivity index (χ4n) is 2.69. The average Bonchev–Trinajstić information content (AvgIpc) is 2.76. The topological polar surface area (TPSA) is 77.9 Å². The molecule has 0 radical (unpaired) electrons. The maximum atomic E-state index is 10.5. The minimum atomic E-state index is -1.05. The van der Waals surface area contributed by atoms with Crippen LogP contribution < -0.4 is 10.4 Å². The van der Waals surface area contributed by atoms with Gasteiger partial charge in [-0.2, -0.15) is 0 Å². The molecule has 0 aliphatic heterocycles. The Balaban J connectivity index is 1.94. The van der Waals surface area contributed by atoms with Crippen LogP contribution in [0.15, 0.2) is 6.33 Å². The first kappa shape index (κ1) is 13.3. The zero-order valence-corrected chi connectivity index (χ0v) is 12.1. The van der Waals surface area contributed by atoms with Crippen molar-refractivity contribution in [3.05, 3.63) is 16.8 Å². The van der Waals surface area contributed by atoms with Crippen molar-refractivity contribution in [1.29, 1.82) is 0 Å². The molecule has 6 heteroatoms. The molecule has 106 valence electrons. The first-order valence-corrected chi connectivity index (χ1v) is 7.65. The summed E-state index contributed by atoms with van der Waals surface area (Å²) in [6.45, 7) is 2.60. The van der Waals surface area contributed by atoms with Crippen molar-refractivity contribution in [3.8, 4) is 0 Å². The minimum Gasteiger partial charge on any atom is -0.550 e. The summed E-state index contributed by atoms with van der Waals surface area (Å²) in [5, 5.41) is 14.7. The normalized spacial score (nSPS) is 17.9. The second-order valence-electron chi connectivity index (χ2n) is 5.30. The molecule has 1 atom stereocenters. The van der Waals surface area contributed by atoms with Gasteiger partial charge in [0.15, 0.2) is 0 Å². The lowest BCUT2D eigenvalue weighted by Gasteiger charge is -2.18. The lowest BCUT2D eigenvalue weighted by molar-refractivity contribution is -0.305. The molecule has 5 nitrogen and oxygen atoms in total. The van der Waals surface area contributed by atoms with Crippen LogP contribution >= 0.6 is 11.3 Å². The molecule has 0 fully saturated rings. The van der Waals surface area contributed by atoms with E-state index in [2.05, 4.69) is 22.2 Å². The van der Waals surface area contributed by atoms with E-state index in [1.165, 1.54) is 23.2 Å². The lowest BCUT2D eigenvalue weighted by atomic mass is 9.89. The van der Waals surface area contributed by atoms with Crippen molar-refractivity contribution in [3.63, 3.8) is 0 Å². The first-order valence-electron chi connectivity index (χ1n) is 6.84. The van der Waals surface area contributed by atoms with Crippen LogP contribution in [0.25, 0.3) is 10.2 Å². The van der Waals surface area contributed by atoms with Crippen molar-refractivity contribution < 1.29 is 9.90 Å². The van der Waals surface area contributed by atoms with Crippen molar-refractivity contribution in [2.45, 2.75) is 32.6 Å². The highest BCUT2D eigenvalue weighted by Crippen LogP contribution is 2.39. The van der Waals surface area contributed by atoms with Crippen LogP contribution in [-0.4, -0.2) is 22.5 Å². The number of carbonyl (C=O) groups excluding carboxylic acids is 1. The molecular weight excluding hydrogens is 274 g/mol. The first-order chi connectivity index (χ1) is 9.65. The summed E-state index contributed by atoms with van der Waals surface area (Å²) in [6.07, 6.45) is 4.87. The molecule has 0 spiro atoms. The molecule has 0 unspecified atom stereocenters. The van der Waals surface area contributed by atoms with Crippen LogP contribution in [0, 0.1) is 5.92 Å². The van der Waals surface area contributed by atoms with E-state index in [1.807, 2.05) is 0 Å². The minimum absolute atomic E-state index is 0.0190. The second-order valence-corrected chi connectivity index (χ2v) is 6.39. The van der Waals surface area contributed by atoms with E-state index in [-0.39, 0.29) is 6.42 Å². The third kappa shape index (κ3) is 2.47. The van der Waals surface area contributed by atoms with Crippen molar-refractivity contribution in [2.24, 2.45) is 5.92 Å². The quantitative estimate of drug-likeness (QED) is 0.920. The standard InChI is InChI=1S/C14H17N3O2S/c1-8-2-3-9-10(6-8)20-14-12(9)13(16-7-17-14)15-5-4-11(18)19/h7-8H,2-6H2,1H3,(H,18,19)(H,15,16,17)/p-1/t8-/m1/s1. The lowest BCUT2D eigenvalue weighted by Crippen LogP contribution is -2.24. The Labute approximate surface area is 121 Å². The molecule has 0 bridgehead atoms. The van der Waals surface area contributed by atoms with E-state index in [9.17, 15) is 9.90 Å². The monoisotopic (exact) mass is 290 g/mol. The summed E-state index contributed by atoms with van der Waals surface area (Å²) in [4.78, 5) is 21.5. The fourth-order valence-corrected chi connectivity index (χ4v) is 4.04. The molecular formula is C14H16N3O2S-. The SMILES string of the molecule is C[C@@H]1CCc2c(sc3ncnc(NCCC(=O)[O-])c23)C1. The number of aryl methyl sites for hydroxylation is 1. The third-order valence-electron chi connectivity index (χ3n) is 3.71. The van der Waals surface area contributed by atoms with Crippen LogP contribution in [0.1, 0.15) is 30.2 Å². The number of fused-ring (bicyclic) bond motifs is 3. The summed E-state index contributed by atoms with van der Waals surface area (Å²) in [5.74, 6) is 0.422. The van der Waals surface area contributed by atoms with Gasteiger partial charge in [-0.1, -0.05) is 6.92 Å². The number of aromatic nitrogens is 2. The Bertz CT molecular complexity index is 653. The summed E-state index contributed by atoms with van der Waals surface area (Å²) >= 11 is 1.74. The highest BCUT2D eigenvalue weighted by atomic mass is 32.1. The Kier molecular flexibility index (Phi) is 3.56. The number of nitrogens with one attached hydrogen (secondary N) is 1. The predicted octanol–water partition coefficient (Wildman–Crippen LogP) is 1.37. The Morgan fingerprint density at radius 2 is 2.40 bits per heavy atom. The van der Waals surface area contributed by atoms with Gasteiger partial charge in [-0.3, -0.25) is 0 Å². The van der Waals surface area contributed by atoms with Crippen LogP contribution in [0.2, 0.25) is 0 Å². The summed E-state index contributed by atoms with van der Waals surface area (Å²) in [6, 6.07) is 0. The van der Waals surface area contributed by atoms with Crippen molar-refractivity contribution in [1.82, 2.24) is 9.97 Å². The fraction of sp³-hybridized carbons (Fsp3) is 0.500. The van der Waals surface area contributed by atoms with Gasteiger partial charge in [0.25, 0.3) is 0 Å². The molecule has 1 aliphatic carbocycles. The summed E-state index contributed by atoms with van der Waals surface area (Å²) in [5.41, 5.74) is 1.35. The van der Waals surface area contributed by atoms with Gasteiger partial charge in [0, 0.05) is 23.8 Å². The number of aliphatic carboxylic acids is 1. The zero-order chi connectivity index (χ0) is 14.1. The maximum absolute atomic E-state index is 10.5. The molecule has 2 aromatic rings. The van der Waals surface area contributed by atoms with E-state index >= 15 is 0 Å². The van der Waals surface area contributed by atoms with Crippen LogP contribution in [0.4, 0.5) is 5.82 Å². The van der Waals surface area contributed by atoms with Crippen LogP contribution in [0.3, 0.4) is 0 Å². The van der Waals surface area contributed by atoms with E-state index in [4.69, 9.17) is 0 Å². The number of anilines is 1. The zero-order valence-electron chi connectivity index (χ0n) is 11.3. The van der Waals surface area contributed by atoms with Crippen molar-refractivity contribution >= 4 is 33.3 Å². The van der Waals surface area contributed by atoms with E-state index < -0.39 is 5.97 Å². The molecule has 20 heavy (non-hydrogen) atoms. The molecule has 2 aromatic heterocycles. The predicted molar refractivity (Wildman–Crippen MR) is 76.7 cm³/mol. The number of hydrogen-bond acceptors (Lipinski definition) is 6. The van der Waals surface area contributed by atoms with Gasteiger partial charge in [-0.25, -0.2) is 9.97 Å². The van der Waals surface area contributed by atoms with Gasteiger partial charge in [0.05, 0.1) is 5.39 Å². The maximum Gasteiger partial charge on any atom is 0.138 e. The number of carbonyl (C=O) groups is 1. The van der Waals surface area contributed by atoms with E-state index in [1.54, 1.807) is 11.3 Å². The van der Waals surface area contributed by atoms with Gasteiger partial charge in [-0.15, -0.1) is 11.3 Å². The number of hydrogen-bond donors (Lipinski definition) is 1. The second kappa shape index (κ2) is 5.36. The number of thiophene rings is 1. The average molecular weight is 290 g/mol. The smallest absolute Gasteiger partial charge is 0.138 e. The number of carboxylic acids is 1. The Morgan fingerprint density at radius 3 is 3.20 bits per heavy atom. The van der Waals surface area contributed by atoms with Gasteiger partial charge in [0.1, 0.15) is 17.0 Å². The molecule has 0 amide bonds. The molecule has 2 heterocycles. The number of carboxylic acid groups (broad SMARTS) is 1. The molecule has 1 N–H and O–H groups in total. The Hall–Kier alpha value is -1.69. The van der Waals surface area contributed by atoms with Crippen molar-refractivity contribution in [2.75, 3.05) is 11.9 Å².